The van der Waals surface area contributed by atoms with Gasteiger partial charge >= 0.3 is 0 Å². The minimum absolute atomic E-state index is 0.00493. The molecule has 6 aromatic carbocycles. The normalized spacial score (nSPS) is 19.2. The quantitative estimate of drug-likeness (QED) is 0.213. The van der Waals surface area contributed by atoms with Gasteiger partial charge in [0.1, 0.15) is 6.17 Å². The van der Waals surface area contributed by atoms with E-state index in [-0.39, 0.29) is 17.6 Å². The minimum Gasteiger partial charge on any atom is -0.366 e. The highest BCUT2D eigenvalue weighted by Gasteiger charge is 2.45. The van der Waals surface area contributed by atoms with Crippen molar-refractivity contribution in [3.05, 3.63) is 167 Å². The third kappa shape index (κ3) is 3.69. The Bertz CT molecular complexity index is 2270. The smallest absolute Gasteiger partial charge is 0.104 e. The van der Waals surface area contributed by atoms with E-state index in [1.165, 1.54) is 86.7 Å². The number of aromatic nitrogens is 1. The fraction of sp³-hybridized carbons (Fsp3) is 0.163. The number of anilines is 1. The van der Waals surface area contributed by atoms with Crippen LogP contribution in [0.25, 0.3) is 38.6 Å². The minimum atomic E-state index is -0.00493. The van der Waals surface area contributed by atoms with Crippen molar-refractivity contribution in [3.8, 4) is 16.8 Å². The summed E-state index contributed by atoms with van der Waals surface area (Å²) in [5.41, 5.74) is 14.8. The van der Waals surface area contributed by atoms with E-state index in [0.29, 0.717) is 0 Å². The van der Waals surface area contributed by atoms with Crippen LogP contribution < -0.4 is 10.6 Å². The zero-order chi connectivity index (χ0) is 30.2. The monoisotopic (exact) mass is 593 g/mol. The van der Waals surface area contributed by atoms with Crippen LogP contribution in [0.4, 0.5) is 5.69 Å². The van der Waals surface area contributed by atoms with E-state index < -0.39 is 0 Å². The summed E-state index contributed by atoms with van der Waals surface area (Å²) in [5.74, 6) is 0. The predicted octanol–water partition coefficient (Wildman–Crippen LogP) is 10.4. The highest BCUT2D eigenvalue weighted by molar-refractivity contribution is 6.11. The maximum absolute atomic E-state index is 3.90. The fourth-order valence-electron chi connectivity index (χ4n) is 8.96. The van der Waals surface area contributed by atoms with E-state index in [1.807, 2.05) is 0 Å². The van der Waals surface area contributed by atoms with E-state index in [0.717, 1.165) is 0 Å². The molecule has 0 saturated heterocycles. The van der Waals surface area contributed by atoms with Crippen molar-refractivity contribution < 1.29 is 0 Å². The van der Waals surface area contributed by atoms with Crippen LogP contribution in [-0.4, -0.2) is 4.57 Å². The van der Waals surface area contributed by atoms with Crippen LogP contribution >= 0.6 is 0 Å². The standard InChI is InChI=1S/C43H35N3/c1-2-12-28(13-3-1)41-33-16-5-8-18-38(33)44-42(45-41)29-20-22-30(23-21-29)46-39-19-9-6-15-32(39)35-26-37-34(27-40(35)46)31-14-4-7-17-36(31)43(37)24-10-11-25-43/h1-9,12-23,26-27,41-42,44-45H,10-11,24-25H2. The van der Waals surface area contributed by atoms with Gasteiger partial charge in [-0.2, -0.15) is 0 Å². The van der Waals surface area contributed by atoms with Gasteiger partial charge in [0.05, 0.1) is 17.1 Å². The largest absolute Gasteiger partial charge is 0.366 e. The van der Waals surface area contributed by atoms with Gasteiger partial charge in [-0.25, -0.2) is 0 Å². The summed E-state index contributed by atoms with van der Waals surface area (Å²) in [6, 6.07) is 51.9. The molecule has 46 heavy (non-hydrogen) atoms. The van der Waals surface area contributed by atoms with Crippen LogP contribution in [0.1, 0.15) is 65.7 Å². The van der Waals surface area contributed by atoms with Gasteiger partial charge in [0.15, 0.2) is 0 Å². The van der Waals surface area contributed by atoms with Crippen molar-refractivity contribution in [2.45, 2.75) is 43.3 Å². The zero-order valence-electron chi connectivity index (χ0n) is 25.7. The topological polar surface area (TPSA) is 29.0 Å². The second kappa shape index (κ2) is 9.94. The van der Waals surface area contributed by atoms with Crippen molar-refractivity contribution >= 4 is 27.5 Å². The lowest BCUT2D eigenvalue weighted by Gasteiger charge is -2.35. The molecular weight excluding hydrogens is 558 g/mol. The SMILES string of the molecule is c1ccc(C2NC(c3ccc(-n4c5ccccc5c5cc6c(cc54)-c4ccccc4C64CCCC4)cc3)Nc3ccccc32)cc1. The first-order chi connectivity index (χ1) is 22.8. The summed E-state index contributed by atoms with van der Waals surface area (Å²) in [6.45, 7) is 0. The molecule has 1 aromatic heterocycles. The Morgan fingerprint density at radius 1 is 0.565 bits per heavy atom. The number of nitrogens with zero attached hydrogens (tertiary/aromatic N) is 1. The molecule has 2 atom stereocenters. The Labute approximate surface area is 269 Å². The molecule has 2 heterocycles. The number of hydrogen-bond acceptors (Lipinski definition) is 2. The van der Waals surface area contributed by atoms with E-state index in [1.54, 1.807) is 11.1 Å². The third-order valence-electron chi connectivity index (χ3n) is 11.0. The number of benzene rings is 6. The lowest BCUT2D eigenvalue weighted by atomic mass is 9.76. The van der Waals surface area contributed by atoms with Gasteiger partial charge in [-0.05, 0) is 88.2 Å². The molecular formula is C43H35N3. The van der Waals surface area contributed by atoms with Crippen LogP contribution in [0.2, 0.25) is 0 Å². The molecule has 3 aliphatic rings. The van der Waals surface area contributed by atoms with Gasteiger partial charge in [0.2, 0.25) is 0 Å². The van der Waals surface area contributed by atoms with E-state index in [2.05, 4.69) is 155 Å². The van der Waals surface area contributed by atoms with Crippen molar-refractivity contribution in [1.82, 2.24) is 9.88 Å². The molecule has 1 fully saturated rings. The third-order valence-corrected chi connectivity index (χ3v) is 11.0. The second-order valence-electron chi connectivity index (χ2n) is 13.4. The van der Waals surface area contributed by atoms with Crippen molar-refractivity contribution in [1.29, 1.82) is 0 Å². The molecule has 0 amide bonds. The zero-order valence-corrected chi connectivity index (χ0v) is 25.7. The Morgan fingerprint density at radius 3 is 2.17 bits per heavy atom. The summed E-state index contributed by atoms with van der Waals surface area (Å²) < 4.78 is 2.47. The Kier molecular flexibility index (Phi) is 5.65. The number of para-hydroxylation sites is 2. The average molecular weight is 594 g/mol. The Balaban J connectivity index is 1.09. The molecule has 2 unspecified atom stereocenters. The van der Waals surface area contributed by atoms with E-state index in [9.17, 15) is 0 Å². The molecule has 1 aliphatic heterocycles. The van der Waals surface area contributed by atoms with Crippen molar-refractivity contribution in [2.24, 2.45) is 0 Å². The van der Waals surface area contributed by atoms with E-state index >= 15 is 0 Å². The first kappa shape index (κ1) is 26.1. The molecule has 0 bridgehead atoms. The van der Waals surface area contributed by atoms with Crippen LogP contribution in [0, 0.1) is 0 Å². The maximum atomic E-state index is 3.90. The number of rotatable bonds is 3. The maximum Gasteiger partial charge on any atom is 0.104 e. The van der Waals surface area contributed by atoms with E-state index in [4.69, 9.17) is 0 Å². The average Bonchev–Trinajstić information content (AvgIpc) is 3.82. The first-order valence-electron chi connectivity index (χ1n) is 16.7. The molecule has 0 radical (unpaired) electrons. The van der Waals surface area contributed by atoms with Crippen LogP contribution in [-0.2, 0) is 5.41 Å². The van der Waals surface area contributed by atoms with Gasteiger partial charge < -0.3 is 9.88 Å². The molecule has 2 aliphatic carbocycles. The second-order valence-corrected chi connectivity index (χ2v) is 13.4. The molecule has 10 rings (SSSR count). The van der Waals surface area contributed by atoms with Gasteiger partial charge in [-0.3, -0.25) is 5.32 Å². The lowest BCUT2D eigenvalue weighted by molar-refractivity contribution is 0.506. The number of nitrogens with one attached hydrogen (secondary N) is 2. The summed E-state index contributed by atoms with van der Waals surface area (Å²) in [6.07, 6.45) is 5.11. The number of fused-ring (bicyclic) bond motifs is 9. The Morgan fingerprint density at radius 2 is 1.30 bits per heavy atom. The molecule has 3 nitrogen and oxygen atoms in total. The van der Waals surface area contributed by atoms with Crippen LogP contribution in [0.15, 0.2) is 140 Å². The van der Waals surface area contributed by atoms with Crippen LogP contribution in [0.5, 0.6) is 0 Å². The summed E-state index contributed by atoms with van der Waals surface area (Å²) >= 11 is 0. The van der Waals surface area contributed by atoms with Gasteiger partial charge in [-0.15, -0.1) is 0 Å². The predicted molar refractivity (Wildman–Crippen MR) is 190 cm³/mol. The van der Waals surface area contributed by atoms with Crippen LogP contribution in [0.3, 0.4) is 0 Å². The Hall–Kier alpha value is -5.12. The van der Waals surface area contributed by atoms with Gasteiger partial charge in [-0.1, -0.05) is 116 Å². The lowest BCUT2D eigenvalue weighted by Crippen LogP contribution is -2.37. The molecule has 1 spiro atoms. The first-order valence-corrected chi connectivity index (χ1v) is 16.7. The van der Waals surface area contributed by atoms with Crippen molar-refractivity contribution in [3.63, 3.8) is 0 Å². The molecule has 1 saturated carbocycles. The summed E-state index contributed by atoms with van der Waals surface area (Å²) in [4.78, 5) is 0. The summed E-state index contributed by atoms with van der Waals surface area (Å²) in [5, 5.41) is 10.4. The summed E-state index contributed by atoms with van der Waals surface area (Å²) in [7, 11) is 0. The molecule has 7 aromatic rings. The molecule has 222 valence electrons. The number of hydrogen-bond donors (Lipinski definition) is 2. The van der Waals surface area contributed by atoms with Crippen molar-refractivity contribution in [2.75, 3.05) is 5.32 Å². The molecule has 2 N–H and O–H groups in total. The van der Waals surface area contributed by atoms with Gasteiger partial charge in [0, 0.05) is 27.6 Å². The highest BCUT2D eigenvalue weighted by atomic mass is 15.2. The fourth-order valence-corrected chi connectivity index (χ4v) is 8.96. The highest BCUT2D eigenvalue weighted by Crippen LogP contribution is 2.58. The van der Waals surface area contributed by atoms with Gasteiger partial charge in [0.25, 0.3) is 0 Å². The molecule has 3 heteroatoms.